The molecule has 0 aromatic heterocycles. The number of nitrogens with one attached hydrogen (secondary N) is 1. The molecule has 0 aliphatic rings. The molecule has 138 valence electrons. The van der Waals surface area contributed by atoms with E-state index in [-0.39, 0.29) is 6.09 Å². The van der Waals surface area contributed by atoms with E-state index in [9.17, 15) is 4.79 Å². The summed E-state index contributed by atoms with van der Waals surface area (Å²) in [5.41, 5.74) is 1.40. The Labute approximate surface area is 144 Å². The van der Waals surface area contributed by atoms with Gasteiger partial charge in [0.1, 0.15) is 5.60 Å². The van der Waals surface area contributed by atoms with E-state index in [2.05, 4.69) is 46.9 Å². The topological polar surface area (TPSA) is 47.6 Å². The smallest absolute Gasteiger partial charge is 0.407 e. The van der Waals surface area contributed by atoms with Crippen LogP contribution in [0.1, 0.15) is 75.2 Å². The average molecular weight is 346 g/mol. The monoisotopic (exact) mass is 345 g/mol. The molecule has 4 nitrogen and oxygen atoms in total. The van der Waals surface area contributed by atoms with E-state index in [4.69, 9.17) is 9.16 Å². The van der Waals surface area contributed by atoms with Gasteiger partial charge in [-0.15, -0.1) is 0 Å². The first-order valence-corrected chi connectivity index (χ1v) is 11.2. The lowest BCUT2D eigenvalue weighted by Gasteiger charge is -2.42. The van der Waals surface area contributed by atoms with Gasteiger partial charge in [0.05, 0.1) is 0 Å². The van der Waals surface area contributed by atoms with E-state index in [0.29, 0.717) is 23.2 Å². The minimum atomic E-state index is -1.75. The Balaban J connectivity index is 4.17. The highest BCUT2D eigenvalue weighted by molar-refractivity contribution is 6.77. The highest BCUT2D eigenvalue weighted by Crippen LogP contribution is 2.42. The number of amides is 1. The maximum Gasteiger partial charge on any atom is 0.407 e. The molecule has 0 rings (SSSR count). The summed E-state index contributed by atoms with van der Waals surface area (Å²) in [4.78, 5) is 11.6. The second kappa shape index (κ2) is 9.67. The van der Waals surface area contributed by atoms with Gasteiger partial charge in [0.2, 0.25) is 0 Å². The summed E-state index contributed by atoms with van der Waals surface area (Å²) in [6.07, 6.45) is 1.54. The molecule has 0 bridgehead atoms. The summed E-state index contributed by atoms with van der Waals surface area (Å²) in [6.45, 7) is 20.8. The van der Waals surface area contributed by atoms with Crippen molar-refractivity contribution in [1.29, 1.82) is 0 Å². The van der Waals surface area contributed by atoms with Crippen molar-refractivity contribution in [3.8, 4) is 0 Å². The van der Waals surface area contributed by atoms with E-state index >= 15 is 0 Å². The van der Waals surface area contributed by atoms with E-state index in [1.165, 1.54) is 0 Å². The molecular weight excluding hydrogens is 306 g/mol. The van der Waals surface area contributed by atoms with Crippen molar-refractivity contribution < 1.29 is 14.0 Å². The molecule has 1 N–H and O–H groups in total. The summed E-state index contributed by atoms with van der Waals surface area (Å²) < 4.78 is 11.7. The molecular formula is C18H39NO3Si. The van der Waals surface area contributed by atoms with E-state index < -0.39 is 13.9 Å². The SMILES string of the molecule is CC(C)[Si](OCCCCNC(=O)OC(C)(C)C)(C(C)C)C(C)C. The molecule has 0 radical (unpaired) electrons. The molecule has 0 heterocycles. The number of alkyl carbamates (subject to hydrolysis) is 1. The molecule has 0 saturated heterocycles. The zero-order chi connectivity index (χ0) is 18.3. The van der Waals surface area contributed by atoms with Crippen LogP contribution in [0, 0.1) is 0 Å². The fourth-order valence-corrected chi connectivity index (χ4v) is 8.98. The number of carbonyl (C=O) groups excluding carboxylic acids is 1. The number of carbonyl (C=O) groups is 1. The van der Waals surface area contributed by atoms with Crippen LogP contribution in [-0.2, 0) is 9.16 Å². The van der Waals surface area contributed by atoms with Crippen molar-refractivity contribution in [2.24, 2.45) is 0 Å². The molecule has 1 amide bonds. The van der Waals surface area contributed by atoms with Gasteiger partial charge in [-0.05, 0) is 50.2 Å². The van der Waals surface area contributed by atoms with Gasteiger partial charge in [0.25, 0.3) is 0 Å². The van der Waals surface area contributed by atoms with E-state index in [1.807, 2.05) is 20.8 Å². The molecule has 0 fully saturated rings. The van der Waals surface area contributed by atoms with Crippen molar-refractivity contribution in [2.75, 3.05) is 13.2 Å². The van der Waals surface area contributed by atoms with Crippen LogP contribution in [0.15, 0.2) is 0 Å². The van der Waals surface area contributed by atoms with Gasteiger partial charge < -0.3 is 14.5 Å². The number of unbranched alkanes of at least 4 members (excludes halogenated alkanes) is 1. The molecule has 0 atom stereocenters. The summed E-state index contributed by atoms with van der Waals surface area (Å²) in [5, 5.41) is 2.80. The van der Waals surface area contributed by atoms with Crippen molar-refractivity contribution in [1.82, 2.24) is 5.32 Å². The third-order valence-electron chi connectivity index (χ3n) is 4.30. The minimum Gasteiger partial charge on any atom is -0.444 e. The Morgan fingerprint density at radius 1 is 0.957 bits per heavy atom. The maximum atomic E-state index is 11.6. The van der Waals surface area contributed by atoms with Crippen LogP contribution in [0.2, 0.25) is 16.6 Å². The predicted molar refractivity (Wildman–Crippen MR) is 100 cm³/mol. The lowest BCUT2D eigenvalue weighted by Crippen LogP contribution is -2.48. The van der Waals surface area contributed by atoms with E-state index in [0.717, 1.165) is 19.4 Å². The Morgan fingerprint density at radius 2 is 1.43 bits per heavy atom. The lowest BCUT2D eigenvalue weighted by molar-refractivity contribution is 0.0526. The van der Waals surface area contributed by atoms with Gasteiger partial charge in [-0.25, -0.2) is 4.79 Å². The molecule has 23 heavy (non-hydrogen) atoms. The van der Waals surface area contributed by atoms with Crippen LogP contribution in [0.4, 0.5) is 4.79 Å². The van der Waals surface area contributed by atoms with Crippen LogP contribution in [-0.4, -0.2) is 33.2 Å². The summed E-state index contributed by atoms with van der Waals surface area (Å²) in [7, 11) is -1.75. The van der Waals surface area contributed by atoms with Gasteiger partial charge in [-0.2, -0.15) is 0 Å². The largest absolute Gasteiger partial charge is 0.444 e. The standard InChI is InChI=1S/C18H39NO3Si/c1-14(2)23(15(3)4,16(5)6)21-13-11-10-12-19-17(20)22-18(7,8)9/h14-16H,10-13H2,1-9H3,(H,19,20). The maximum absolute atomic E-state index is 11.6. The normalized spacial score (nSPS) is 13.0. The second-order valence-corrected chi connectivity index (χ2v) is 13.8. The second-order valence-electron chi connectivity index (χ2n) is 8.30. The Hall–Kier alpha value is -0.553. The van der Waals surface area contributed by atoms with Crippen LogP contribution in [0.25, 0.3) is 0 Å². The first-order valence-electron chi connectivity index (χ1n) is 9.04. The van der Waals surface area contributed by atoms with Crippen molar-refractivity contribution in [3.63, 3.8) is 0 Å². The van der Waals surface area contributed by atoms with E-state index in [1.54, 1.807) is 0 Å². The molecule has 0 unspecified atom stereocenters. The zero-order valence-corrected chi connectivity index (χ0v) is 17.8. The fraction of sp³-hybridized carbons (Fsp3) is 0.944. The lowest BCUT2D eigenvalue weighted by atomic mass is 10.2. The Bertz CT molecular complexity index is 327. The Morgan fingerprint density at radius 3 is 1.83 bits per heavy atom. The number of rotatable bonds is 9. The van der Waals surface area contributed by atoms with Crippen LogP contribution < -0.4 is 5.32 Å². The predicted octanol–water partition coefficient (Wildman–Crippen LogP) is 5.48. The molecule has 0 aliphatic heterocycles. The number of hydrogen-bond donors (Lipinski definition) is 1. The van der Waals surface area contributed by atoms with Crippen molar-refractivity contribution in [3.05, 3.63) is 0 Å². The third-order valence-corrected chi connectivity index (χ3v) is 10.4. The first-order chi connectivity index (χ1) is 10.4. The van der Waals surface area contributed by atoms with Gasteiger partial charge in [-0.3, -0.25) is 0 Å². The summed E-state index contributed by atoms with van der Waals surface area (Å²) >= 11 is 0. The van der Waals surface area contributed by atoms with Crippen LogP contribution in [0.3, 0.4) is 0 Å². The Kier molecular flexibility index (Phi) is 9.44. The van der Waals surface area contributed by atoms with Crippen LogP contribution in [0.5, 0.6) is 0 Å². The molecule has 0 saturated carbocycles. The highest BCUT2D eigenvalue weighted by atomic mass is 28.4. The summed E-state index contributed by atoms with van der Waals surface area (Å²) in [6, 6.07) is 0. The van der Waals surface area contributed by atoms with Gasteiger partial charge in [-0.1, -0.05) is 41.5 Å². The zero-order valence-electron chi connectivity index (χ0n) is 16.8. The van der Waals surface area contributed by atoms with Gasteiger partial charge in [0.15, 0.2) is 8.32 Å². The average Bonchev–Trinajstić information content (AvgIpc) is 2.34. The third kappa shape index (κ3) is 7.70. The number of ether oxygens (including phenoxy) is 1. The number of hydrogen-bond acceptors (Lipinski definition) is 3. The van der Waals surface area contributed by atoms with Crippen molar-refractivity contribution >= 4 is 14.4 Å². The summed E-state index contributed by atoms with van der Waals surface area (Å²) in [5.74, 6) is 0. The fourth-order valence-electron chi connectivity index (χ4n) is 3.48. The molecule has 0 spiro atoms. The molecule has 0 aromatic rings. The van der Waals surface area contributed by atoms with Crippen molar-refractivity contribution in [2.45, 2.75) is 97.4 Å². The highest BCUT2D eigenvalue weighted by Gasteiger charge is 2.44. The molecule has 0 aromatic carbocycles. The molecule has 0 aliphatic carbocycles. The van der Waals surface area contributed by atoms with Gasteiger partial charge in [0, 0.05) is 13.2 Å². The minimum absolute atomic E-state index is 0.339. The molecule has 5 heteroatoms. The van der Waals surface area contributed by atoms with Gasteiger partial charge >= 0.3 is 6.09 Å². The van der Waals surface area contributed by atoms with Crippen LogP contribution >= 0.6 is 0 Å². The quantitative estimate of drug-likeness (QED) is 0.444. The first kappa shape index (κ1) is 22.4.